The molecule has 0 saturated carbocycles. The van der Waals surface area contributed by atoms with Gasteiger partial charge in [0.2, 0.25) is 5.91 Å². The summed E-state index contributed by atoms with van der Waals surface area (Å²) in [5.41, 5.74) is 4.55. The lowest BCUT2D eigenvalue weighted by atomic mass is 10.0. The molecule has 6 rings (SSSR count). The molecule has 1 atom stereocenters. The summed E-state index contributed by atoms with van der Waals surface area (Å²) in [5, 5.41) is 9.36. The van der Waals surface area contributed by atoms with Crippen LogP contribution in [0.2, 0.25) is 5.02 Å². The summed E-state index contributed by atoms with van der Waals surface area (Å²) < 4.78 is 5.78. The number of rotatable bonds is 8. The Morgan fingerprint density at radius 3 is 2.19 bits per heavy atom. The summed E-state index contributed by atoms with van der Waals surface area (Å²) in [6, 6.07) is 29.5. The van der Waals surface area contributed by atoms with Crippen LogP contribution < -0.4 is 4.90 Å². The van der Waals surface area contributed by atoms with E-state index in [9.17, 15) is 9.59 Å². The Bertz CT molecular complexity index is 1530. The molecule has 0 bridgehead atoms. The summed E-state index contributed by atoms with van der Waals surface area (Å²) in [6.45, 7) is 3.38. The van der Waals surface area contributed by atoms with E-state index in [1.165, 1.54) is 5.56 Å². The average Bonchev–Trinajstić information content (AvgIpc) is 3.58. The standard InChI is InChI=1S/C34H34ClN5O3/c35-30-11-5-4-10-29(30)34(42)40(23-28-9-6-22-43-28)24-33(41)39-20-18-38(19-21-39)32-17-16-31(36-37-32)27-14-12-26(13-15-27)25-7-2-1-3-8-25/h1-5,7-8,10-17,28H,6,9,18-24H2. The predicted molar refractivity (Wildman–Crippen MR) is 168 cm³/mol. The predicted octanol–water partition coefficient (Wildman–Crippen LogP) is 5.43. The molecule has 0 N–H and O–H groups in total. The largest absolute Gasteiger partial charge is 0.376 e. The van der Waals surface area contributed by atoms with Crippen molar-refractivity contribution in [2.75, 3.05) is 50.8 Å². The third-order valence-electron chi connectivity index (χ3n) is 8.06. The molecule has 0 spiro atoms. The first kappa shape index (κ1) is 28.8. The molecule has 4 aromatic rings. The van der Waals surface area contributed by atoms with Gasteiger partial charge >= 0.3 is 0 Å². The van der Waals surface area contributed by atoms with Gasteiger partial charge in [-0.2, -0.15) is 0 Å². The quantitative estimate of drug-likeness (QED) is 0.270. The highest BCUT2D eigenvalue weighted by molar-refractivity contribution is 6.33. The summed E-state index contributed by atoms with van der Waals surface area (Å²) in [5.74, 6) is 0.447. The smallest absolute Gasteiger partial charge is 0.255 e. The van der Waals surface area contributed by atoms with E-state index in [1.807, 2.05) is 35.2 Å². The first-order valence-electron chi connectivity index (χ1n) is 14.7. The van der Waals surface area contributed by atoms with E-state index in [0.717, 1.165) is 35.5 Å². The zero-order valence-electron chi connectivity index (χ0n) is 23.9. The molecule has 43 heavy (non-hydrogen) atoms. The molecule has 2 aliphatic heterocycles. The van der Waals surface area contributed by atoms with E-state index in [0.29, 0.717) is 49.9 Å². The van der Waals surface area contributed by atoms with Crippen molar-refractivity contribution in [2.24, 2.45) is 0 Å². The monoisotopic (exact) mass is 595 g/mol. The number of carbonyl (C=O) groups is 2. The van der Waals surface area contributed by atoms with E-state index in [1.54, 1.807) is 29.2 Å². The van der Waals surface area contributed by atoms with Crippen molar-refractivity contribution >= 4 is 29.2 Å². The lowest BCUT2D eigenvalue weighted by Crippen LogP contribution is -2.52. The van der Waals surface area contributed by atoms with Crippen molar-refractivity contribution in [3.63, 3.8) is 0 Å². The Morgan fingerprint density at radius 1 is 0.814 bits per heavy atom. The van der Waals surface area contributed by atoms with Crippen LogP contribution in [0.3, 0.4) is 0 Å². The highest BCUT2D eigenvalue weighted by atomic mass is 35.5. The minimum atomic E-state index is -0.252. The zero-order valence-corrected chi connectivity index (χ0v) is 24.7. The second kappa shape index (κ2) is 13.4. The van der Waals surface area contributed by atoms with Gasteiger partial charge in [-0.3, -0.25) is 9.59 Å². The van der Waals surface area contributed by atoms with Gasteiger partial charge in [0, 0.05) is 44.9 Å². The van der Waals surface area contributed by atoms with Gasteiger partial charge in [-0.05, 0) is 48.2 Å². The number of carbonyl (C=O) groups excluding carboxylic acids is 2. The van der Waals surface area contributed by atoms with Crippen LogP contribution in [0.4, 0.5) is 5.82 Å². The van der Waals surface area contributed by atoms with Crippen molar-refractivity contribution in [3.8, 4) is 22.4 Å². The van der Waals surface area contributed by atoms with Gasteiger partial charge in [0.05, 0.1) is 22.4 Å². The number of hydrogen-bond acceptors (Lipinski definition) is 6. The van der Waals surface area contributed by atoms with E-state index in [-0.39, 0.29) is 24.5 Å². The minimum Gasteiger partial charge on any atom is -0.376 e. The number of halogens is 1. The summed E-state index contributed by atoms with van der Waals surface area (Å²) in [6.07, 6.45) is 1.76. The molecule has 0 aliphatic carbocycles. The lowest BCUT2D eigenvalue weighted by Gasteiger charge is -2.36. The fraction of sp³-hybridized carbons (Fsp3) is 0.294. The van der Waals surface area contributed by atoms with E-state index in [4.69, 9.17) is 16.3 Å². The van der Waals surface area contributed by atoms with Gasteiger partial charge in [-0.1, -0.05) is 78.3 Å². The van der Waals surface area contributed by atoms with E-state index < -0.39 is 0 Å². The Kier molecular flexibility index (Phi) is 8.96. The number of piperazine rings is 1. The fourth-order valence-corrected chi connectivity index (χ4v) is 5.84. The Balaban J connectivity index is 1.06. The van der Waals surface area contributed by atoms with Crippen LogP contribution in [0.25, 0.3) is 22.4 Å². The van der Waals surface area contributed by atoms with E-state index in [2.05, 4.69) is 51.5 Å². The molecular formula is C34H34ClN5O3. The molecule has 3 heterocycles. The van der Waals surface area contributed by atoms with Crippen LogP contribution in [-0.2, 0) is 9.53 Å². The fourth-order valence-electron chi connectivity index (χ4n) is 5.62. The molecule has 8 nitrogen and oxygen atoms in total. The number of ether oxygens (including phenoxy) is 1. The maximum absolute atomic E-state index is 13.4. The average molecular weight is 596 g/mol. The van der Waals surface area contributed by atoms with Crippen molar-refractivity contribution in [3.05, 3.63) is 102 Å². The van der Waals surface area contributed by atoms with Gasteiger partial charge in [0.1, 0.15) is 6.54 Å². The number of hydrogen-bond donors (Lipinski definition) is 0. The van der Waals surface area contributed by atoms with Crippen molar-refractivity contribution < 1.29 is 14.3 Å². The van der Waals surface area contributed by atoms with E-state index >= 15 is 0 Å². The third kappa shape index (κ3) is 6.87. The maximum atomic E-state index is 13.4. The van der Waals surface area contributed by atoms with Gasteiger partial charge < -0.3 is 19.4 Å². The molecule has 220 valence electrons. The molecule has 1 aromatic heterocycles. The van der Waals surface area contributed by atoms with Crippen LogP contribution >= 0.6 is 11.6 Å². The van der Waals surface area contributed by atoms with Crippen LogP contribution in [-0.4, -0.2) is 83.8 Å². The SMILES string of the molecule is O=C(CN(CC1CCCO1)C(=O)c1ccccc1Cl)N1CCN(c2ccc(-c3ccc(-c4ccccc4)cc3)nn2)CC1. The van der Waals surface area contributed by atoms with Gasteiger partial charge in [-0.25, -0.2) is 0 Å². The highest BCUT2D eigenvalue weighted by Gasteiger charge is 2.29. The first-order valence-corrected chi connectivity index (χ1v) is 15.1. The lowest BCUT2D eigenvalue weighted by molar-refractivity contribution is -0.132. The molecule has 2 amide bonds. The van der Waals surface area contributed by atoms with Crippen molar-refractivity contribution in [1.82, 2.24) is 20.0 Å². The highest BCUT2D eigenvalue weighted by Crippen LogP contribution is 2.25. The van der Waals surface area contributed by atoms with Crippen LogP contribution in [0, 0.1) is 0 Å². The second-order valence-corrected chi connectivity index (χ2v) is 11.3. The molecule has 1 unspecified atom stereocenters. The number of nitrogens with zero attached hydrogens (tertiary/aromatic N) is 5. The number of anilines is 1. The van der Waals surface area contributed by atoms with Gasteiger partial charge in [0.15, 0.2) is 5.82 Å². The summed E-state index contributed by atoms with van der Waals surface area (Å²) >= 11 is 6.32. The maximum Gasteiger partial charge on any atom is 0.255 e. The molecule has 2 saturated heterocycles. The van der Waals surface area contributed by atoms with Gasteiger partial charge in [0.25, 0.3) is 5.91 Å². The third-order valence-corrected chi connectivity index (χ3v) is 8.39. The molecule has 0 radical (unpaired) electrons. The molecule has 2 aliphatic rings. The summed E-state index contributed by atoms with van der Waals surface area (Å²) in [7, 11) is 0. The van der Waals surface area contributed by atoms with Crippen LogP contribution in [0.5, 0.6) is 0 Å². The molecule has 9 heteroatoms. The normalized spacial score (nSPS) is 16.7. The zero-order chi connectivity index (χ0) is 29.6. The molecule has 2 fully saturated rings. The molecule has 3 aromatic carbocycles. The van der Waals surface area contributed by atoms with Crippen LogP contribution in [0.1, 0.15) is 23.2 Å². The summed E-state index contributed by atoms with van der Waals surface area (Å²) in [4.78, 5) is 32.3. The number of benzene rings is 3. The Labute approximate surface area is 256 Å². The topological polar surface area (TPSA) is 78.9 Å². The number of aromatic nitrogens is 2. The first-order chi connectivity index (χ1) is 21.0. The van der Waals surface area contributed by atoms with Crippen molar-refractivity contribution in [2.45, 2.75) is 18.9 Å². The number of amides is 2. The second-order valence-electron chi connectivity index (χ2n) is 10.9. The van der Waals surface area contributed by atoms with Crippen LogP contribution in [0.15, 0.2) is 91.0 Å². The van der Waals surface area contributed by atoms with Crippen molar-refractivity contribution in [1.29, 1.82) is 0 Å². The minimum absolute atomic E-state index is 0.0124. The molecular weight excluding hydrogens is 562 g/mol. The van der Waals surface area contributed by atoms with Gasteiger partial charge in [-0.15, -0.1) is 10.2 Å². The Hall–Kier alpha value is -4.27. The Morgan fingerprint density at radius 2 is 1.51 bits per heavy atom.